The third kappa shape index (κ3) is 3.99. The lowest BCUT2D eigenvalue weighted by Gasteiger charge is -2.24. The van der Waals surface area contributed by atoms with E-state index in [0.717, 1.165) is 17.5 Å². The van der Waals surface area contributed by atoms with Crippen LogP contribution in [0.4, 0.5) is 5.69 Å². The molecular formula is C20H22N2O3. The first-order valence-electron chi connectivity index (χ1n) is 8.48. The van der Waals surface area contributed by atoms with Gasteiger partial charge in [0.1, 0.15) is 11.8 Å². The minimum atomic E-state index is -0.489. The average molecular weight is 338 g/mol. The van der Waals surface area contributed by atoms with E-state index in [4.69, 9.17) is 0 Å². The number of hydrogen-bond acceptors (Lipinski definition) is 3. The zero-order chi connectivity index (χ0) is 17.8. The van der Waals surface area contributed by atoms with Crippen molar-refractivity contribution >= 4 is 17.5 Å². The predicted molar refractivity (Wildman–Crippen MR) is 96.4 cm³/mol. The molecule has 1 heterocycles. The van der Waals surface area contributed by atoms with Gasteiger partial charge in [-0.2, -0.15) is 0 Å². The maximum absolute atomic E-state index is 12.6. The molecule has 5 nitrogen and oxygen atoms in total. The number of aromatic hydroxyl groups is 1. The zero-order valence-electron chi connectivity index (χ0n) is 14.2. The fourth-order valence-electron chi connectivity index (χ4n) is 3.17. The van der Waals surface area contributed by atoms with Crippen molar-refractivity contribution in [3.63, 3.8) is 0 Å². The number of aryl methyl sites for hydroxylation is 1. The van der Waals surface area contributed by atoms with Gasteiger partial charge in [0.25, 0.3) is 0 Å². The van der Waals surface area contributed by atoms with E-state index in [0.29, 0.717) is 25.1 Å². The van der Waals surface area contributed by atoms with Gasteiger partial charge in [-0.1, -0.05) is 36.4 Å². The highest BCUT2D eigenvalue weighted by Gasteiger charge is 2.34. The summed E-state index contributed by atoms with van der Waals surface area (Å²) in [6.07, 6.45) is 1.73. The smallest absolute Gasteiger partial charge is 0.247 e. The molecule has 2 aromatic carbocycles. The van der Waals surface area contributed by atoms with Crippen LogP contribution in [-0.4, -0.2) is 34.4 Å². The molecule has 25 heavy (non-hydrogen) atoms. The Hall–Kier alpha value is -2.82. The third-order valence-electron chi connectivity index (χ3n) is 4.49. The zero-order valence-corrected chi connectivity index (χ0v) is 14.2. The standard InChI is InChI=1S/C20H22N2O3/c1-14-9-10-16(18(23)12-14)21-20(25)17-8-5-11-22(17)19(24)13-15-6-3-2-4-7-15/h2-4,6-7,9-10,12,17,23H,5,8,11,13H2,1H3,(H,21,25). The molecule has 5 heteroatoms. The van der Waals surface area contributed by atoms with Crippen LogP contribution in [0.5, 0.6) is 5.75 Å². The largest absolute Gasteiger partial charge is 0.506 e. The number of anilines is 1. The summed E-state index contributed by atoms with van der Waals surface area (Å²) in [7, 11) is 0. The third-order valence-corrected chi connectivity index (χ3v) is 4.49. The van der Waals surface area contributed by atoms with Crippen LogP contribution in [0.15, 0.2) is 48.5 Å². The molecule has 1 aliphatic heterocycles. The molecule has 2 N–H and O–H groups in total. The molecule has 1 aliphatic rings. The molecule has 0 aliphatic carbocycles. The van der Waals surface area contributed by atoms with Gasteiger partial charge in [-0.15, -0.1) is 0 Å². The summed E-state index contributed by atoms with van der Waals surface area (Å²) in [6, 6.07) is 14.1. The number of phenolic OH excluding ortho intramolecular Hbond substituents is 1. The van der Waals surface area contributed by atoms with Crippen molar-refractivity contribution in [2.45, 2.75) is 32.2 Å². The fourth-order valence-corrected chi connectivity index (χ4v) is 3.17. The van der Waals surface area contributed by atoms with E-state index in [1.54, 1.807) is 17.0 Å². The normalized spacial score (nSPS) is 16.7. The molecule has 1 atom stereocenters. The number of nitrogens with zero attached hydrogens (tertiary/aromatic N) is 1. The van der Waals surface area contributed by atoms with Crippen molar-refractivity contribution in [1.29, 1.82) is 0 Å². The second kappa shape index (κ2) is 7.38. The number of nitrogens with one attached hydrogen (secondary N) is 1. The quantitative estimate of drug-likeness (QED) is 0.842. The monoisotopic (exact) mass is 338 g/mol. The summed E-state index contributed by atoms with van der Waals surface area (Å²) in [4.78, 5) is 26.8. The predicted octanol–water partition coefficient (Wildman–Crippen LogP) is 2.87. The van der Waals surface area contributed by atoms with Gasteiger partial charge in [0, 0.05) is 6.54 Å². The van der Waals surface area contributed by atoms with Crippen molar-refractivity contribution in [1.82, 2.24) is 4.90 Å². The SMILES string of the molecule is Cc1ccc(NC(=O)C2CCCN2C(=O)Cc2ccccc2)c(O)c1. The van der Waals surface area contributed by atoms with Crippen LogP contribution in [0.25, 0.3) is 0 Å². The van der Waals surface area contributed by atoms with Gasteiger partial charge in [0.05, 0.1) is 12.1 Å². The molecule has 3 rings (SSSR count). The maximum Gasteiger partial charge on any atom is 0.247 e. The lowest BCUT2D eigenvalue weighted by Crippen LogP contribution is -2.43. The van der Waals surface area contributed by atoms with Crippen molar-refractivity contribution in [3.05, 3.63) is 59.7 Å². The van der Waals surface area contributed by atoms with E-state index >= 15 is 0 Å². The molecule has 130 valence electrons. The van der Waals surface area contributed by atoms with Crippen molar-refractivity contribution < 1.29 is 14.7 Å². The van der Waals surface area contributed by atoms with E-state index in [1.807, 2.05) is 43.3 Å². The van der Waals surface area contributed by atoms with E-state index in [-0.39, 0.29) is 17.6 Å². The first-order valence-corrected chi connectivity index (χ1v) is 8.48. The summed E-state index contributed by atoms with van der Waals surface area (Å²) >= 11 is 0. The van der Waals surface area contributed by atoms with Crippen molar-refractivity contribution in [3.8, 4) is 5.75 Å². The van der Waals surface area contributed by atoms with E-state index in [2.05, 4.69) is 5.32 Å². The fraction of sp³-hybridized carbons (Fsp3) is 0.300. The van der Waals surface area contributed by atoms with Gasteiger partial charge in [-0.05, 0) is 43.0 Å². The second-order valence-corrected chi connectivity index (χ2v) is 6.42. The summed E-state index contributed by atoms with van der Waals surface area (Å²) in [6.45, 7) is 2.45. The number of carbonyl (C=O) groups is 2. The Bertz CT molecular complexity index is 774. The molecule has 0 saturated carbocycles. The number of rotatable bonds is 4. The van der Waals surface area contributed by atoms with E-state index < -0.39 is 6.04 Å². The van der Waals surface area contributed by atoms with Crippen LogP contribution in [0.1, 0.15) is 24.0 Å². The Labute approximate surface area is 147 Å². The number of amides is 2. The summed E-state index contributed by atoms with van der Waals surface area (Å²) in [5.41, 5.74) is 2.23. The summed E-state index contributed by atoms with van der Waals surface area (Å²) in [5.74, 6) is -0.261. The Morgan fingerprint density at radius 3 is 2.68 bits per heavy atom. The summed E-state index contributed by atoms with van der Waals surface area (Å²) < 4.78 is 0. The lowest BCUT2D eigenvalue weighted by molar-refractivity contribution is -0.136. The van der Waals surface area contributed by atoms with Gasteiger partial charge in [0.2, 0.25) is 11.8 Å². The molecule has 1 fully saturated rings. The van der Waals surface area contributed by atoms with E-state index in [9.17, 15) is 14.7 Å². The van der Waals surface area contributed by atoms with Gasteiger partial charge in [-0.25, -0.2) is 0 Å². The molecule has 0 radical (unpaired) electrons. The minimum absolute atomic E-state index is 0.0357. The van der Waals surface area contributed by atoms with Gasteiger partial charge in [-0.3, -0.25) is 9.59 Å². The van der Waals surface area contributed by atoms with Crippen LogP contribution in [0.2, 0.25) is 0 Å². The van der Waals surface area contributed by atoms with Crippen LogP contribution in [0.3, 0.4) is 0 Å². The molecule has 0 spiro atoms. The molecule has 2 amide bonds. The van der Waals surface area contributed by atoms with Crippen LogP contribution in [0, 0.1) is 6.92 Å². The second-order valence-electron chi connectivity index (χ2n) is 6.42. The Kier molecular flexibility index (Phi) is 5.03. The molecule has 0 aromatic heterocycles. The highest BCUT2D eigenvalue weighted by molar-refractivity contribution is 5.98. The van der Waals surface area contributed by atoms with Gasteiger partial charge in [0.15, 0.2) is 0 Å². The molecule has 1 saturated heterocycles. The highest BCUT2D eigenvalue weighted by Crippen LogP contribution is 2.26. The number of phenols is 1. The summed E-state index contributed by atoms with van der Waals surface area (Å²) in [5, 5.41) is 12.7. The molecule has 1 unspecified atom stereocenters. The van der Waals surface area contributed by atoms with Crippen molar-refractivity contribution in [2.24, 2.45) is 0 Å². The Morgan fingerprint density at radius 1 is 1.20 bits per heavy atom. The molecule has 0 bridgehead atoms. The van der Waals surface area contributed by atoms with Crippen LogP contribution in [-0.2, 0) is 16.0 Å². The lowest BCUT2D eigenvalue weighted by atomic mass is 10.1. The number of likely N-dealkylation sites (tertiary alicyclic amines) is 1. The average Bonchev–Trinajstić information content (AvgIpc) is 3.08. The Morgan fingerprint density at radius 2 is 1.96 bits per heavy atom. The minimum Gasteiger partial charge on any atom is -0.506 e. The van der Waals surface area contributed by atoms with Gasteiger partial charge >= 0.3 is 0 Å². The number of benzene rings is 2. The first kappa shape index (κ1) is 17.0. The molecule has 2 aromatic rings. The Balaban J connectivity index is 1.68. The first-order chi connectivity index (χ1) is 12.0. The van der Waals surface area contributed by atoms with Crippen LogP contribution >= 0.6 is 0 Å². The maximum atomic E-state index is 12.6. The topological polar surface area (TPSA) is 69.6 Å². The van der Waals surface area contributed by atoms with E-state index in [1.165, 1.54) is 0 Å². The van der Waals surface area contributed by atoms with Gasteiger partial charge < -0.3 is 15.3 Å². The van der Waals surface area contributed by atoms with Crippen LogP contribution < -0.4 is 5.32 Å². The molecular weight excluding hydrogens is 316 g/mol. The number of carbonyl (C=O) groups excluding carboxylic acids is 2. The van der Waals surface area contributed by atoms with Crippen molar-refractivity contribution in [2.75, 3.05) is 11.9 Å². The highest BCUT2D eigenvalue weighted by atomic mass is 16.3. The number of hydrogen-bond donors (Lipinski definition) is 2.